The van der Waals surface area contributed by atoms with E-state index in [0.29, 0.717) is 6.54 Å². The second-order valence-corrected chi connectivity index (χ2v) is 3.28. The first-order valence-corrected chi connectivity index (χ1v) is 4.54. The van der Waals surface area contributed by atoms with Crippen molar-refractivity contribution in [3.8, 4) is 0 Å². The van der Waals surface area contributed by atoms with Crippen molar-refractivity contribution in [1.29, 1.82) is 0 Å². The first-order valence-electron chi connectivity index (χ1n) is 4.54. The molecular formula is C10H17N3. The molecule has 72 valence electrons. The van der Waals surface area contributed by atoms with Crippen molar-refractivity contribution in [3.63, 3.8) is 0 Å². The van der Waals surface area contributed by atoms with Gasteiger partial charge < -0.3 is 10.6 Å². The van der Waals surface area contributed by atoms with Crippen LogP contribution in [0.3, 0.4) is 0 Å². The molecule has 0 radical (unpaired) electrons. The van der Waals surface area contributed by atoms with Gasteiger partial charge in [0.25, 0.3) is 0 Å². The van der Waals surface area contributed by atoms with E-state index in [2.05, 4.69) is 18.0 Å². The fourth-order valence-corrected chi connectivity index (χ4v) is 1.16. The normalized spacial score (nSPS) is 10.2. The Labute approximate surface area is 79.6 Å². The number of hydrogen-bond donors (Lipinski definition) is 1. The summed E-state index contributed by atoms with van der Waals surface area (Å²) >= 11 is 0. The number of hydrogen-bond acceptors (Lipinski definition) is 3. The number of pyridine rings is 1. The largest absolute Gasteiger partial charge is 0.363 e. The summed E-state index contributed by atoms with van der Waals surface area (Å²) in [4.78, 5) is 6.47. The van der Waals surface area contributed by atoms with Crippen molar-refractivity contribution in [2.75, 3.05) is 19.0 Å². The van der Waals surface area contributed by atoms with E-state index in [-0.39, 0.29) is 0 Å². The third-order valence-electron chi connectivity index (χ3n) is 1.98. The Bertz CT molecular complexity index is 259. The van der Waals surface area contributed by atoms with E-state index in [4.69, 9.17) is 5.73 Å². The van der Waals surface area contributed by atoms with Crippen LogP contribution in [0.4, 0.5) is 5.82 Å². The molecule has 1 aromatic heterocycles. The topological polar surface area (TPSA) is 42.1 Å². The Balaban J connectivity index is 3.07. The molecule has 0 unspecified atom stereocenters. The Kier molecular flexibility index (Phi) is 3.25. The van der Waals surface area contributed by atoms with E-state index in [1.54, 1.807) is 0 Å². The zero-order valence-corrected chi connectivity index (χ0v) is 8.54. The summed E-state index contributed by atoms with van der Waals surface area (Å²) in [6.07, 6.45) is 0.953. The summed E-state index contributed by atoms with van der Waals surface area (Å²) in [6, 6.07) is 4.09. The molecule has 0 amide bonds. The van der Waals surface area contributed by atoms with Gasteiger partial charge in [0, 0.05) is 26.3 Å². The highest BCUT2D eigenvalue weighted by Crippen LogP contribution is 2.12. The van der Waals surface area contributed by atoms with Gasteiger partial charge in [-0.1, -0.05) is 6.92 Å². The molecule has 13 heavy (non-hydrogen) atoms. The molecule has 0 saturated carbocycles. The van der Waals surface area contributed by atoms with E-state index in [1.165, 1.54) is 0 Å². The van der Waals surface area contributed by atoms with Gasteiger partial charge in [0.15, 0.2) is 0 Å². The van der Waals surface area contributed by atoms with Gasteiger partial charge in [-0.3, -0.25) is 0 Å². The van der Waals surface area contributed by atoms with Crippen molar-refractivity contribution in [3.05, 3.63) is 23.4 Å². The first-order chi connectivity index (χ1) is 6.17. The van der Waals surface area contributed by atoms with Crippen LogP contribution >= 0.6 is 0 Å². The lowest BCUT2D eigenvalue weighted by Gasteiger charge is -2.13. The van der Waals surface area contributed by atoms with Crippen LogP contribution in [0.2, 0.25) is 0 Å². The summed E-state index contributed by atoms with van der Waals surface area (Å²) in [5.41, 5.74) is 7.85. The summed E-state index contributed by atoms with van der Waals surface area (Å²) in [7, 11) is 3.98. The summed E-state index contributed by atoms with van der Waals surface area (Å²) in [6.45, 7) is 2.68. The Hall–Kier alpha value is -1.09. The fourth-order valence-electron chi connectivity index (χ4n) is 1.16. The highest BCUT2D eigenvalue weighted by molar-refractivity contribution is 5.41. The van der Waals surface area contributed by atoms with Gasteiger partial charge in [0.1, 0.15) is 5.82 Å². The van der Waals surface area contributed by atoms with Crippen LogP contribution in [0.25, 0.3) is 0 Å². The molecule has 0 atom stereocenters. The van der Waals surface area contributed by atoms with Gasteiger partial charge in [-0.2, -0.15) is 0 Å². The second-order valence-electron chi connectivity index (χ2n) is 3.28. The maximum atomic E-state index is 5.60. The molecule has 0 aliphatic carbocycles. The maximum Gasteiger partial charge on any atom is 0.128 e. The number of aryl methyl sites for hydroxylation is 1. The van der Waals surface area contributed by atoms with Gasteiger partial charge in [-0.05, 0) is 24.1 Å². The minimum Gasteiger partial charge on any atom is -0.363 e. The van der Waals surface area contributed by atoms with Gasteiger partial charge in [0.05, 0.1) is 0 Å². The number of anilines is 1. The van der Waals surface area contributed by atoms with Crippen LogP contribution in [-0.4, -0.2) is 19.1 Å². The average molecular weight is 179 g/mol. The first kappa shape index (κ1) is 9.99. The lowest BCUT2D eigenvalue weighted by Crippen LogP contribution is -2.12. The van der Waals surface area contributed by atoms with Gasteiger partial charge in [0.2, 0.25) is 0 Å². The molecule has 3 nitrogen and oxygen atoms in total. The fraction of sp³-hybridized carbons (Fsp3) is 0.500. The van der Waals surface area contributed by atoms with Crippen molar-refractivity contribution in [1.82, 2.24) is 4.98 Å². The van der Waals surface area contributed by atoms with Gasteiger partial charge >= 0.3 is 0 Å². The van der Waals surface area contributed by atoms with E-state index < -0.39 is 0 Å². The molecule has 3 heteroatoms. The zero-order chi connectivity index (χ0) is 9.84. The van der Waals surface area contributed by atoms with Crippen LogP contribution in [0.15, 0.2) is 12.1 Å². The number of nitrogens with two attached hydrogens (primary N) is 1. The summed E-state index contributed by atoms with van der Waals surface area (Å²) in [5, 5.41) is 0. The Morgan fingerprint density at radius 2 is 2.08 bits per heavy atom. The monoisotopic (exact) mass is 179 g/mol. The lowest BCUT2D eigenvalue weighted by atomic mass is 10.2. The number of rotatable bonds is 3. The maximum absolute atomic E-state index is 5.60. The van der Waals surface area contributed by atoms with Gasteiger partial charge in [-0.15, -0.1) is 0 Å². The molecule has 0 aliphatic heterocycles. The predicted molar refractivity (Wildman–Crippen MR) is 55.8 cm³/mol. The molecule has 0 bridgehead atoms. The smallest absolute Gasteiger partial charge is 0.128 e. The molecule has 0 saturated heterocycles. The highest BCUT2D eigenvalue weighted by atomic mass is 15.1. The molecule has 1 aromatic rings. The summed E-state index contributed by atoms with van der Waals surface area (Å²) in [5.74, 6) is 0.986. The van der Waals surface area contributed by atoms with Crippen LogP contribution in [0.5, 0.6) is 0 Å². The SMILES string of the molecule is CCc1cc(CN)cc(N(C)C)n1. The Morgan fingerprint density at radius 3 is 2.54 bits per heavy atom. The minimum absolute atomic E-state index is 0.580. The molecular weight excluding hydrogens is 162 g/mol. The number of aromatic nitrogens is 1. The van der Waals surface area contributed by atoms with Crippen LogP contribution < -0.4 is 10.6 Å². The second kappa shape index (κ2) is 4.23. The minimum atomic E-state index is 0.580. The highest BCUT2D eigenvalue weighted by Gasteiger charge is 2.01. The van der Waals surface area contributed by atoms with E-state index in [0.717, 1.165) is 23.5 Å². The molecule has 0 spiro atoms. The lowest BCUT2D eigenvalue weighted by molar-refractivity contribution is 0.958. The molecule has 0 fully saturated rings. The quantitative estimate of drug-likeness (QED) is 0.757. The van der Waals surface area contributed by atoms with Crippen molar-refractivity contribution in [2.45, 2.75) is 19.9 Å². The summed E-state index contributed by atoms with van der Waals surface area (Å²) < 4.78 is 0. The molecule has 0 aliphatic rings. The number of nitrogens with zero attached hydrogens (tertiary/aromatic N) is 2. The third kappa shape index (κ3) is 2.42. The van der Waals surface area contributed by atoms with Crippen LogP contribution in [0, 0.1) is 0 Å². The Morgan fingerprint density at radius 1 is 1.38 bits per heavy atom. The molecule has 1 rings (SSSR count). The predicted octanol–water partition coefficient (Wildman–Crippen LogP) is 1.17. The molecule has 0 aromatic carbocycles. The van der Waals surface area contributed by atoms with Crippen LogP contribution in [0.1, 0.15) is 18.2 Å². The van der Waals surface area contributed by atoms with Crippen LogP contribution in [-0.2, 0) is 13.0 Å². The third-order valence-corrected chi connectivity index (χ3v) is 1.98. The van der Waals surface area contributed by atoms with E-state index in [9.17, 15) is 0 Å². The van der Waals surface area contributed by atoms with Crippen molar-refractivity contribution >= 4 is 5.82 Å². The molecule has 1 heterocycles. The standard InChI is InChI=1S/C10H17N3/c1-4-9-5-8(7-11)6-10(12-9)13(2)3/h5-6H,4,7,11H2,1-3H3. The zero-order valence-electron chi connectivity index (χ0n) is 8.54. The molecule has 2 N–H and O–H groups in total. The van der Waals surface area contributed by atoms with E-state index >= 15 is 0 Å². The van der Waals surface area contributed by atoms with Crippen molar-refractivity contribution < 1.29 is 0 Å². The average Bonchev–Trinajstić information content (AvgIpc) is 2.16. The van der Waals surface area contributed by atoms with Gasteiger partial charge in [-0.25, -0.2) is 4.98 Å². The van der Waals surface area contributed by atoms with Crippen molar-refractivity contribution in [2.24, 2.45) is 5.73 Å². The van der Waals surface area contributed by atoms with E-state index in [1.807, 2.05) is 25.1 Å².